The molecule has 2 N–H and O–H groups in total. The van der Waals surface area contributed by atoms with Crippen LogP contribution in [0.1, 0.15) is 15.9 Å². The number of amides is 1. The molecule has 0 aliphatic heterocycles. The van der Waals surface area contributed by atoms with E-state index >= 15 is 0 Å². The molecule has 0 unspecified atom stereocenters. The molecule has 3 aromatic rings. The fourth-order valence-electron chi connectivity index (χ4n) is 2.29. The number of hydrogen-bond donors (Lipinski definition) is 2. The van der Waals surface area contributed by atoms with Gasteiger partial charge >= 0.3 is 0 Å². The van der Waals surface area contributed by atoms with Gasteiger partial charge in [-0.05, 0) is 35.9 Å². The number of carbonyl (C=O) groups excluding carboxylic acids is 1. The van der Waals surface area contributed by atoms with Crippen LogP contribution in [-0.4, -0.2) is 10.9 Å². The van der Waals surface area contributed by atoms with Gasteiger partial charge in [-0.15, -0.1) is 0 Å². The zero-order valence-corrected chi connectivity index (χ0v) is 15.0. The number of carbonyl (C=O) groups is 1. The van der Waals surface area contributed by atoms with Crippen molar-refractivity contribution in [3.05, 3.63) is 87.9 Å². The molecule has 0 aliphatic rings. The normalized spacial score (nSPS) is 10.4. The second-order valence-electron chi connectivity index (χ2n) is 5.49. The zero-order chi connectivity index (χ0) is 18.5. The first kappa shape index (κ1) is 18.2. The first-order chi connectivity index (χ1) is 12.5. The topological polar surface area (TPSA) is 54.0 Å². The van der Waals surface area contributed by atoms with E-state index in [0.29, 0.717) is 28.5 Å². The van der Waals surface area contributed by atoms with Gasteiger partial charge in [-0.3, -0.25) is 9.78 Å². The molecule has 0 fully saturated rings. The van der Waals surface area contributed by atoms with Gasteiger partial charge in [-0.25, -0.2) is 4.39 Å². The van der Waals surface area contributed by atoms with E-state index in [9.17, 15) is 9.18 Å². The van der Waals surface area contributed by atoms with Crippen LogP contribution in [0.5, 0.6) is 0 Å². The third-order valence-electron chi connectivity index (χ3n) is 3.61. The van der Waals surface area contributed by atoms with Gasteiger partial charge in [0.2, 0.25) is 0 Å². The van der Waals surface area contributed by atoms with Gasteiger partial charge in [-0.2, -0.15) is 0 Å². The van der Waals surface area contributed by atoms with Gasteiger partial charge in [0, 0.05) is 23.5 Å². The second-order valence-corrected chi connectivity index (χ2v) is 6.30. The van der Waals surface area contributed by atoms with E-state index in [1.807, 2.05) is 18.2 Å². The number of pyridine rings is 1. The van der Waals surface area contributed by atoms with Crippen molar-refractivity contribution >= 4 is 40.5 Å². The van der Waals surface area contributed by atoms with Crippen LogP contribution in [0.15, 0.2) is 60.9 Å². The lowest BCUT2D eigenvalue weighted by atomic mass is 10.2. The van der Waals surface area contributed by atoms with Crippen molar-refractivity contribution in [2.75, 3.05) is 5.32 Å². The monoisotopic (exact) mass is 389 g/mol. The summed E-state index contributed by atoms with van der Waals surface area (Å²) >= 11 is 11.9. The van der Waals surface area contributed by atoms with Crippen LogP contribution >= 0.6 is 23.2 Å². The Morgan fingerprint density at radius 2 is 1.81 bits per heavy atom. The number of anilines is 2. The summed E-state index contributed by atoms with van der Waals surface area (Å²) < 4.78 is 13.2. The summed E-state index contributed by atoms with van der Waals surface area (Å²) in [5.74, 6) is -0.777. The molecule has 2 aromatic carbocycles. The minimum atomic E-state index is -0.497. The number of hydrogen-bond acceptors (Lipinski definition) is 3. The molecule has 0 atom stereocenters. The quantitative estimate of drug-likeness (QED) is 0.630. The molecular formula is C19H14Cl2FN3O. The SMILES string of the molecule is O=C(NCc1ccccc1Cl)c1cncc(Nc2ccc(F)c(Cl)c2)c1. The number of benzene rings is 2. The van der Waals surface area contributed by atoms with Gasteiger partial charge in [0.25, 0.3) is 5.91 Å². The van der Waals surface area contributed by atoms with Gasteiger partial charge in [-0.1, -0.05) is 41.4 Å². The fourth-order valence-corrected chi connectivity index (χ4v) is 2.68. The highest BCUT2D eigenvalue weighted by atomic mass is 35.5. The Hall–Kier alpha value is -2.63. The lowest BCUT2D eigenvalue weighted by Crippen LogP contribution is -2.23. The molecule has 132 valence electrons. The van der Waals surface area contributed by atoms with Gasteiger partial charge < -0.3 is 10.6 Å². The molecule has 26 heavy (non-hydrogen) atoms. The Morgan fingerprint density at radius 1 is 1.00 bits per heavy atom. The highest BCUT2D eigenvalue weighted by Crippen LogP contribution is 2.23. The van der Waals surface area contributed by atoms with E-state index < -0.39 is 5.82 Å². The summed E-state index contributed by atoms with van der Waals surface area (Å²) in [5, 5.41) is 6.44. The van der Waals surface area contributed by atoms with Gasteiger partial charge in [0.05, 0.1) is 22.5 Å². The first-order valence-electron chi connectivity index (χ1n) is 7.71. The molecule has 0 aliphatic carbocycles. The van der Waals surface area contributed by atoms with Crippen LogP contribution in [-0.2, 0) is 6.54 Å². The Morgan fingerprint density at radius 3 is 2.58 bits per heavy atom. The van der Waals surface area contributed by atoms with Crippen molar-refractivity contribution in [2.24, 2.45) is 0 Å². The van der Waals surface area contributed by atoms with Gasteiger partial charge in [0.15, 0.2) is 0 Å². The number of nitrogens with zero attached hydrogens (tertiary/aromatic N) is 1. The van der Waals surface area contributed by atoms with Crippen LogP contribution in [0.25, 0.3) is 0 Å². The van der Waals surface area contributed by atoms with E-state index in [1.54, 1.807) is 24.4 Å². The predicted octanol–water partition coefficient (Wildman–Crippen LogP) is 5.20. The van der Waals surface area contributed by atoms with Crippen molar-refractivity contribution in [3.8, 4) is 0 Å². The number of halogens is 3. The molecule has 0 radical (unpaired) electrons. The highest BCUT2D eigenvalue weighted by molar-refractivity contribution is 6.31. The van der Waals surface area contributed by atoms with Crippen molar-refractivity contribution in [3.63, 3.8) is 0 Å². The molecular weight excluding hydrogens is 376 g/mol. The average molecular weight is 390 g/mol. The summed E-state index contributed by atoms with van der Waals surface area (Å²) in [7, 11) is 0. The van der Waals surface area contributed by atoms with Crippen molar-refractivity contribution in [1.29, 1.82) is 0 Å². The molecule has 0 bridgehead atoms. The molecule has 7 heteroatoms. The summed E-state index contributed by atoms with van der Waals surface area (Å²) in [5.41, 5.74) is 2.38. The smallest absolute Gasteiger partial charge is 0.253 e. The first-order valence-corrected chi connectivity index (χ1v) is 8.47. The third-order valence-corrected chi connectivity index (χ3v) is 4.26. The van der Waals surface area contributed by atoms with Crippen molar-refractivity contribution in [1.82, 2.24) is 10.3 Å². The summed E-state index contributed by atoms with van der Waals surface area (Å²) in [6.45, 7) is 0.309. The number of nitrogens with one attached hydrogen (secondary N) is 2. The maximum Gasteiger partial charge on any atom is 0.253 e. The van der Waals surface area contributed by atoms with E-state index in [4.69, 9.17) is 23.2 Å². The zero-order valence-electron chi connectivity index (χ0n) is 13.5. The van der Waals surface area contributed by atoms with Crippen LogP contribution in [0.2, 0.25) is 10.0 Å². The summed E-state index contributed by atoms with van der Waals surface area (Å²) in [4.78, 5) is 16.4. The Bertz CT molecular complexity index is 950. The minimum absolute atomic E-state index is 0.0107. The third kappa shape index (κ3) is 4.50. The molecule has 0 saturated carbocycles. The maximum absolute atomic E-state index is 13.2. The van der Waals surface area contributed by atoms with E-state index in [0.717, 1.165) is 5.56 Å². The standard InChI is InChI=1S/C19H14Cl2FN3O/c20-16-4-2-1-3-12(16)10-24-19(26)13-7-15(11-23-9-13)25-14-5-6-18(22)17(21)8-14/h1-9,11,25H,10H2,(H,24,26). The Balaban J connectivity index is 1.69. The van der Waals surface area contributed by atoms with E-state index in [1.165, 1.54) is 18.3 Å². The van der Waals surface area contributed by atoms with Crippen molar-refractivity contribution < 1.29 is 9.18 Å². The average Bonchev–Trinajstić information content (AvgIpc) is 2.64. The summed E-state index contributed by atoms with van der Waals surface area (Å²) in [6.07, 6.45) is 3.02. The van der Waals surface area contributed by atoms with E-state index in [-0.39, 0.29) is 10.9 Å². The van der Waals surface area contributed by atoms with Crippen LogP contribution in [0, 0.1) is 5.82 Å². The Labute approximate surface area is 160 Å². The molecule has 1 aromatic heterocycles. The molecule has 4 nitrogen and oxygen atoms in total. The van der Waals surface area contributed by atoms with Gasteiger partial charge in [0.1, 0.15) is 5.82 Å². The highest BCUT2D eigenvalue weighted by Gasteiger charge is 2.09. The molecule has 1 heterocycles. The summed E-state index contributed by atoms with van der Waals surface area (Å²) in [6, 6.07) is 13.2. The largest absolute Gasteiger partial charge is 0.354 e. The fraction of sp³-hybridized carbons (Fsp3) is 0.0526. The van der Waals surface area contributed by atoms with Crippen molar-refractivity contribution in [2.45, 2.75) is 6.54 Å². The Kier molecular flexibility index (Phi) is 5.71. The van der Waals surface area contributed by atoms with E-state index in [2.05, 4.69) is 15.6 Å². The number of aromatic nitrogens is 1. The van der Waals surface area contributed by atoms with Crippen LogP contribution in [0.4, 0.5) is 15.8 Å². The molecule has 0 saturated heterocycles. The molecule has 0 spiro atoms. The number of rotatable bonds is 5. The lowest BCUT2D eigenvalue weighted by Gasteiger charge is -2.10. The molecule has 3 rings (SSSR count). The molecule has 1 amide bonds. The second kappa shape index (κ2) is 8.17. The van der Waals surface area contributed by atoms with Crippen LogP contribution in [0.3, 0.4) is 0 Å². The lowest BCUT2D eigenvalue weighted by molar-refractivity contribution is 0.0950. The predicted molar refractivity (Wildman–Crippen MR) is 102 cm³/mol. The van der Waals surface area contributed by atoms with Crippen LogP contribution < -0.4 is 10.6 Å². The minimum Gasteiger partial charge on any atom is -0.354 e. The maximum atomic E-state index is 13.2.